The van der Waals surface area contributed by atoms with Gasteiger partial charge in [0.2, 0.25) is 0 Å². The summed E-state index contributed by atoms with van der Waals surface area (Å²) < 4.78 is 0. The fraction of sp³-hybridized carbons (Fsp3) is 0.941. The van der Waals surface area contributed by atoms with E-state index in [4.69, 9.17) is 5.26 Å². The van der Waals surface area contributed by atoms with Crippen LogP contribution in [0.1, 0.15) is 71.6 Å². The molecule has 0 aliphatic heterocycles. The lowest BCUT2D eigenvalue weighted by molar-refractivity contribution is 0.145. The molecule has 0 radical (unpaired) electrons. The number of hydrogen-bond acceptors (Lipinski definition) is 2. The van der Waals surface area contributed by atoms with Gasteiger partial charge in [0, 0.05) is 12.6 Å². The van der Waals surface area contributed by atoms with Gasteiger partial charge in [-0.25, -0.2) is 0 Å². The van der Waals surface area contributed by atoms with Crippen molar-refractivity contribution >= 4 is 0 Å². The molecular weight excluding hydrogens is 232 g/mol. The van der Waals surface area contributed by atoms with Crippen LogP contribution in [0.5, 0.6) is 0 Å². The van der Waals surface area contributed by atoms with Gasteiger partial charge in [0.25, 0.3) is 0 Å². The van der Waals surface area contributed by atoms with Gasteiger partial charge in [0.1, 0.15) is 0 Å². The van der Waals surface area contributed by atoms with Gasteiger partial charge in [-0.1, -0.05) is 44.9 Å². The highest BCUT2D eigenvalue weighted by molar-refractivity contribution is 4.95. The van der Waals surface area contributed by atoms with Crippen LogP contribution in [0.2, 0.25) is 0 Å². The second-order valence-electron chi connectivity index (χ2n) is 7.33. The summed E-state index contributed by atoms with van der Waals surface area (Å²) in [6.45, 7) is 4.92. The van der Waals surface area contributed by atoms with Crippen molar-refractivity contribution in [2.24, 2.45) is 17.3 Å². The van der Waals surface area contributed by atoms with Crippen LogP contribution in [0.3, 0.4) is 0 Å². The molecular formula is C17H30N2. The van der Waals surface area contributed by atoms with E-state index in [-0.39, 0.29) is 5.41 Å². The van der Waals surface area contributed by atoms with E-state index in [1.165, 1.54) is 57.8 Å². The number of nitriles is 1. The third kappa shape index (κ3) is 4.21. The third-order valence-electron chi connectivity index (χ3n) is 5.18. The Morgan fingerprint density at radius 1 is 1.00 bits per heavy atom. The van der Waals surface area contributed by atoms with Crippen LogP contribution in [0.15, 0.2) is 0 Å². The molecule has 1 N–H and O–H groups in total. The molecule has 2 nitrogen and oxygen atoms in total. The smallest absolute Gasteiger partial charge is 0.0697 e. The Labute approximate surface area is 119 Å². The van der Waals surface area contributed by atoms with Crippen molar-refractivity contribution in [3.63, 3.8) is 0 Å². The van der Waals surface area contributed by atoms with Crippen molar-refractivity contribution in [3.8, 4) is 6.07 Å². The largest absolute Gasteiger partial charge is 0.312 e. The summed E-state index contributed by atoms with van der Waals surface area (Å²) in [5.74, 6) is 1.83. The molecule has 19 heavy (non-hydrogen) atoms. The van der Waals surface area contributed by atoms with Gasteiger partial charge in [0.15, 0.2) is 0 Å². The fourth-order valence-electron chi connectivity index (χ4n) is 3.97. The topological polar surface area (TPSA) is 35.8 Å². The highest BCUT2D eigenvalue weighted by Gasteiger charge is 2.33. The Morgan fingerprint density at radius 2 is 1.63 bits per heavy atom. The van der Waals surface area contributed by atoms with Crippen LogP contribution in [0.4, 0.5) is 0 Å². The zero-order valence-electron chi connectivity index (χ0n) is 12.8. The maximum absolute atomic E-state index is 9.15. The Morgan fingerprint density at radius 3 is 2.32 bits per heavy atom. The number of hydrogen-bond donors (Lipinski definition) is 1. The summed E-state index contributed by atoms with van der Waals surface area (Å²) in [5, 5.41) is 12.9. The maximum Gasteiger partial charge on any atom is 0.0697 e. The lowest BCUT2D eigenvalue weighted by Crippen LogP contribution is -2.45. The summed E-state index contributed by atoms with van der Waals surface area (Å²) in [4.78, 5) is 0. The minimum Gasteiger partial charge on any atom is -0.312 e. The van der Waals surface area contributed by atoms with Crippen LogP contribution in [0.25, 0.3) is 0 Å². The molecule has 2 aliphatic carbocycles. The van der Waals surface area contributed by atoms with E-state index in [1.807, 2.05) is 13.8 Å². The van der Waals surface area contributed by atoms with E-state index in [0.717, 1.165) is 18.4 Å². The molecule has 108 valence electrons. The van der Waals surface area contributed by atoms with Crippen LogP contribution in [0, 0.1) is 28.6 Å². The maximum atomic E-state index is 9.15. The zero-order valence-corrected chi connectivity index (χ0v) is 12.8. The summed E-state index contributed by atoms with van der Waals surface area (Å²) in [6.07, 6.45) is 12.7. The van der Waals surface area contributed by atoms with Gasteiger partial charge >= 0.3 is 0 Å². The van der Waals surface area contributed by atoms with Crippen molar-refractivity contribution < 1.29 is 0 Å². The molecule has 0 spiro atoms. The lowest BCUT2D eigenvalue weighted by Gasteiger charge is -2.40. The quantitative estimate of drug-likeness (QED) is 0.821. The first kappa shape index (κ1) is 14.9. The van der Waals surface area contributed by atoms with Crippen molar-refractivity contribution in [1.82, 2.24) is 5.32 Å². The van der Waals surface area contributed by atoms with E-state index >= 15 is 0 Å². The zero-order chi connectivity index (χ0) is 13.7. The van der Waals surface area contributed by atoms with Crippen LogP contribution >= 0.6 is 0 Å². The molecule has 0 aromatic heterocycles. The highest BCUT2D eigenvalue weighted by Crippen LogP contribution is 2.38. The van der Waals surface area contributed by atoms with Crippen molar-refractivity contribution in [3.05, 3.63) is 0 Å². The van der Waals surface area contributed by atoms with Gasteiger partial charge < -0.3 is 5.32 Å². The first-order valence-electron chi connectivity index (χ1n) is 8.27. The summed E-state index contributed by atoms with van der Waals surface area (Å²) in [5.41, 5.74) is -0.228. The van der Waals surface area contributed by atoms with Crippen LogP contribution in [-0.2, 0) is 0 Å². The molecule has 2 heteroatoms. The number of nitrogens with zero attached hydrogens (tertiary/aromatic N) is 1. The highest BCUT2D eigenvalue weighted by atomic mass is 14.9. The SMILES string of the molecule is CC(C)(C#N)CNC1CCCCC1C1CCCCC1. The van der Waals surface area contributed by atoms with E-state index in [0.29, 0.717) is 6.04 Å². The Kier molecular flexibility index (Phi) is 5.28. The molecule has 2 unspecified atom stereocenters. The van der Waals surface area contributed by atoms with Gasteiger partial charge in [-0.2, -0.15) is 5.26 Å². The number of rotatable bonds is 4. The molecule has 0 aromatic rings. The summed E-state index contributed by atoms with van der Waals surface area (Å²) in [6, 6.07) is 3.08. The lowest BCUT2D eigenvalue weighted by atomic mass is 9.71. The third-order valence-corrected chi connectivity index (χ3v) is 5.18. The predicted molar refractivity (Wildman–Crippen MR) is 79.7 cm³/mol. The monoisotopic (exact) mass is 262 g/mol. The molecule has 0 saturated heterocycles. The normalized spacial score (nSPS) is 29.9. The first-order chi connectivity index (χ1) is 9.12. The van der Waals surface area contributed by atoms with Gasteiger partial charge in [-0.05, 0) is 38.5 Å². The standard InChI is InChI=1S/C17H30N2/c1-17(2,12-18)13-19-16-11-7-6-10-15(16)14-8-4-3-5-9-14/h14-16,19H,3-11,13H2,1-2H3. The average molecular weight is 262 g/mol. The first-order valence-corrected chi connectivity index (χ1v) is 8.27. The van der Waals surface area contributed by atoms with Crippen molar-refractivity contribution in [2.75, 3.05) is 6.54 Å². The molecule has 2 aliphatic rings. The average Bonchev–Trinajstić information content (AvgIpc) is 2.46. The van der Waals surface area contributed by atoms with Gasteiger partial charge in [-0.15, -0.1) is 0 Å². The Balaban J connectivity index is 1.90. The molecule has 2 fully saturated rings. The van der Waals surface area contributed by atoms with E-state index in [2.05, 4.69) is 11.4 Å². The second kappa shape index (κ2) is 6.75. The van der Waals surface area contributed by atoms with Gasteiger partial charge in [0.05, 0.1) is 11.5 Å². The summed E-state index contributed by atoms with van der Waals surface area (Å²) in [7, 11) is 0. The second-order valence-corrected chi connectivity index (χ2v) is 7.33. The molecule has 2 saturated carbocycles. The van der Waals surface area contributed by atoms with E-state index in [1.54, 1.807) is 0 Å². The molecule has 0 amide bonds. The molecule has 0 aromatic carbocycles. The van der Waals surface area contributed by atoms with Gasteiger partial charge in [-0.3, -0.25) is 0 Å². The Bertz CT molecular complexity index is 310. The minimum atomic E-state index is -0.228. The van der Waals surface area contributed by atoms with Crippen molar-refractivity contribution in [1.29, 1.82) is 5.26 Å². The molecule has 2 rings (SSSR count). The van der Waals surface area contributed by atoms with Crippen molar-refractivity contribution in [2.45, 2.75) is 77.7 Å². The van der Waals surface area contributed by atoms with E-state index < -0.39 is 0 Å². The molecule has 0 bridgehead atoms. The van der Waals surface area contributed by atoms with E-state index in [9.17, 15) is 0 Å². The Hall–Kier alpha value is -0.550. The predicted octanol–water partition coefficient (Wildman–Crippen LogP) is 4.26. The molecule has 0 heterocycles. The minimum absolute atomic E-state index is 0.228. The summed E-state index contributed by atoms with van der Waals surface area (Å²) >= 11 is 0. The fourth-order valence-corrected chi connectivity index (χ4v) is 3.97. The van der Waals surface area contributed by atoms with Crippen LogP contribution < -0.4 is 5.32 Å². The molecule has 2 atom stereocenters. The number of nitrogens with one attached hydrogen (secondary N) is 1. The van der Waals surface area contributed by atoms with Crippen LogP contribution in [-0.4, -0.2) is 12.6 Å².